The molecule has 0 unspecified atom stereocenters. The highest BCUT2D eigenvalue weighted by molar-refractivity contribution is 6.18. The molecular formula is C27H20F2N2O2. The summed E-state index contributed by atoms with van der Waals surface area (Å²) in [5.41, 5.74) is 9.67. The second kappa shape index (κ2) is 8.06. The molecule has 6 heteroatoms. The molecule has 33 heavy (non-hydrogen) atoms. The molecule has 0 fully saturated rings. The summed E-state index contributed by atoms with van der Waals surface area (Å²) in [5, 5.41) is 1.51. The molecule has 4 aromatic carbocycles. The molecule has 2 N–H and O–H groups in total. The lowest BCUT2D eigenvalue weighted by Crippen LogP contribution is -2.11. The van der Waals surface area contributed by atoms with Crippen molar-refractivity contribution in [1.82, 2.24) is 4.57 Å². The van der Waals surface area contributed by atoms with Crippen LogP contribution in [0.3, 0.4) is 0 Å². The van der Waals surface area contributed by atoms with Gasteiger partial charge in [0.05, 0.1) is 24.7 Å². The van der Waals surface area contributed by atoms with Crippen molar-refractivity contribution in [3.8, 4) is 16.9 Å². The van der Waals surface area contributed by atoms with Crippen LogP contribution in [0.25, 0.3) is 32.9 Å². The molecule has 0 saturated heterocycles. The third-order valence-electron chi connectivity index (χ3n) is 5.92. The van der Waals surface area contributed by atoms with Crippen LogP contribution < -0.4 is 10.5 Å². The molecule has 0 atom stereocenters. The number of hydrogen-bond acceptors (Lipinski definition) is 2. The van der Waals surface area contributed by atoms with Crippen molar-refractivity contribution in [1.29, 1.82) is 0 Å². The summed E-state index contributed by atoms with van der Waals surface area (Å²) in [4.78, 5) is 12.2. The minimum Gasteiger partial charge on any atom is -0.497 e. The number of carbonyl (C=O) groups excluding carboxylic acids is 1. The summed E-state index contributed by atoms with van der Waals surface area (Å²) in [6.45, 7) is 0.0951. The maximum absolute atomic E-state index is 14.5. The lowest BCUT2D eigenvalue weighted by Gasteiger charge is -2.10. The van der Waals surface area contributed by atoms with E-state index in [0.717, 1.165) is 45.4 Å². The summed E-state index contributed by atoms with van der Waals surface area (Å²) in [6.07, 6.45) is 0. The van der Waals surface area contributed by atoms with Crippen LogP contribution in [0, 0.1) is 11.6 Å². The quantitative estimate of drug-likeness (QED) is 0.369. The number of nitrogens with zero attached hydrogens (tertiary/aromatic N) is 1. The van der Waals surface area contributed by atoms with Gasteiger partial charge in [-0.1, -0.05) is 30.3 Å². The van der Waals surface area contributed by atoms with E-state index in [9.17, 15) is 13.6 Å². The van der Waals surface area contributed by atoms with Gasteiger partial charge in [0.1, 0.15) is 17.4 Å². The number of ether oxygens (including phenoxy) is 1. The van der Waals surface area contributed by atoms with Gasteiger partial charge in [0.25, 0.3) is 0 Å². The van der Waals surface area contributed by atoms with E-state index in [2.05, 4.69) is 0 Å². The minimum absolute atomic E-state index is 0.0951. The molecule has 0 aliphatic heterocycles. The van der Waals surface area contributed by atoms with Gasteiger partial charge in [-0.15, -0.1) is 0 Å². The number of nitrogens with two attached hydrogens (primary N) is 1. The van der Waals surface area contributed by atoms with Crippen molar-refractivity contribution >= 4 is 27.7 Å². The molecule has 0 radical (unpaired) electrons. The Labute approximate surface area is 188 Å². The fraction of sp³-hybridized carbons (Fsp3) is 0.0741. The molecule has 5 aromatic rings. The lowest BCUT2D eigenvalue weighted by atomic mass is 10.0. The van der Waals surface area contributed by atoms with Crippen molar-refractivity contribution < 1.29 is 18.3 Å². The smallest absolute Gasteiger partial charge is 0.249 e. The molecule has 4 nitrogen and oxygen atoms in total. The number of primary amides is 1. The Morgan fingerprint density at radius 1 is 0.909 bits per heavy atom. The average Bonchev–Trinajstić information content (AvgIpc) is 3.14. The standard InChI is InChI=1S/C27H20F2N2O2/c1-33-20-9-5-16(6-10-20)17-7-11-21-25(14-17)31(15-18-13-19(28)8-12-23(18)29)24-4-2-3-22(26(21)24)27(30)32/h2-14H,15H2,1H3,(H2,30,32). The van der Waals surface area contributed by atoms with E-state index < -0.39 is 17.5 Å². The van der Waals surface area contributed by atoms with Crippen molar-refractivity contribution in [3.63, 3.8) is 0 Å². The number of halogens is 2. The molecule has 0 saturated carbocycles. The van der Waals surface area contributed by atoms with Gasteiger partial charge in [-0.3, -0.25) is 4.79 Å². The highest BCUT2D eigenvalue weighted by Crippen LogP contribution is 2.35. The Hall–Kier alpha value is -4.19. The van der Waals surface area contributed by atoms with E-state index >= 15 is 0 Å². The first-order chi connectivity index (χ1) is 16.0. The molecule has 1 heterocycles. The Balaban J connectivity index is 1.78. The zero-order valence-electron chi connectivity index (χ0n) is 17.8. The molecule has 1 amide bonds. The number of fused-ring (bicyclic) bond motifs is 3. The molecular weight excluding hydrogens is 422 g/mol. The van der Waals surface area contributed by atoms with Crippen LogP contribution in [-0.2, 0) is 6.54 Å². The Bertz CT molecular complexity index is 1520. The zero-order valence-corrected chi connectivity index (χ0v) is 17.8. The molecule has 0 spiro atoms. The van der Waals surface area contributed by atoms with E-state index in [1.54, 1.807) is 19.2 Å². The topological polar surface area (TPSA) is 57.2 Å². The summed E-state index contributed by atoms with van der Waals surface area (Å²) in [7, 11) is 1.61. The van der Waals surface area contributed by atoms with Crippen LogP contribution in [-0.4, -0.2) is 17.6 Å². The average molecular weight is 442 g/mol. The van der Waals surface area contributed by atoms with E-state index in [-0.39, 0.29) is 12.1 Å². The first-order valence-corrected chi connectivity index (χ1v) is 10.4. The van der Waals surface area contributed by atoms with Gasteiger partial charge in [0.15, 0.2) is 0 Å². The molecule has 0 aliphatic carbocycles. The second-order valence-corrected chi connectivity index (χ2v) is 7.85. The van der Waals surface area contributed by atoms with Gasteiger partial charge in [0, 0.05) is 21.9 Å². The van der Waals surface area contributed by atoms with Gasteiger partial charge < -0.3 is 15.0 Å². The predicted octanol–water partition coefficient (Wildman–Crippen LogP) is 5.90. The normalized spacial score (nSPS) is 11.2. The fourth-order valence-corrected chi connectivity index (χ4v) is 4.32. The van der Waals surface area contributed by atoms with Crippen LogP contribution in [0.4, 0.5) is 8.78 Å². The number of hydrogen-bond donors (Lipinski definition) is 1. The van der Waals surface area contributed by atoms with Gasteiger partial charge in [-0.05, 0) is 59.7 Å². The monoisotopic (exact) mass is 442 g/mol. The largest absolute Gasteiger partial charge is 0.497 e. The highest BCUT2D eigenvalue weighted by Gasteiger charge is 2.18. The molecule has 0 bridgehead atoms. The number of rotatable bonds is 5. The van der Waals surface area contributed by atoms with Crippen molar-refractivity contribution in [3.05, 3.63) is 102 Å². The summed E-state index contributed by atoms with van der Waals surface area (Å²) >= 11 is 0. The van der Waals surface area contributed by atoms with Gasteiger partial charge in [-0.25, -0.2) is 8.78 Å². The van der Waals surface area contributed by atoms with Crippen molar-refractivity contribution in [2.45, 2.75) is 6.54 Å². The zero-order chi connectivity index (χ0) is 23.1. The Morgan fingerprint density at radius 3 is 2.39 bits per heavy atom. The Kier molecular flexibility index (Phi) is 5.05. The molecule has 0 aliphatic rings. The van der Waals surface area contributed by atoms with Crippen LogP contribution in [0.1, 0.15) is 15.9 Å². The van der Waals surface area contributed by atoms with Gasteiger partial charge >= 0.3 is 0 Å². The summed E-state index contributed by atoms with van der Waals surface area (Å²) < 4.78 is 35.5. The van der Waals surface area contributed by atoms with Gasteiger partial charge in [0.2, 0.25) is 5.91 Å². The lowest BCUT2D eigenvalue weighted by molar-refractivity contribution is 0.100. The second-order valence-electron chi connectivity index (χ2n) is 7.85. The number of aromatic nitrogens is 1. The molecule has 164 valence electrons. The number of methoxy groups -OCH3 is 1. The number of amides is 1. The third-order valence-corrected chi connectivity index (χ3v) is 5.92. The maximum Gasteiger partial charge on any atom is 0.249 e. The first-order valence-electron chi connectivity index (χ1n) is 10.4. The van der Waals surface area contributed by atoms with E-state index in [1.165, 1.54) is 6.07 Å². The fourth-order valence-electron chi connectivity index (χ4n) is 4.32. The van der Waals surface area contributed by atoms with Gasteiger partial charge in [-0.2, -0.15) is 0 Å². The maximum atomic E-state index is 14.5. The summed E-state index contributed by atoms with van der Waals surface area (Å²) in [6, 6.07) is 22.2. The summed E-state index contributed by atoms with van der Waals surface area (Å²) in [5.74, 6) is -0.801. The van der Waals surface area contributed by atoms with Crippen molar-refractivity contribution in [2.75, 3.05) is 7.11 Å². The van der Waals surface area contributed by atoms with Crippen LogP contribution in [0.15, 0.2) is 78.9 Å². The minimum atomic E-state index is -0.546. The van der Waals surface area contributed by atoms with Crippen LogP contribution >= 0.6 is 0 Å². The van der Waals surface area contributed by atoms with Crippen molar-refractivity contribution in [2.24, 2.45) is 5.73 Å². The van der Waals surface area contributed by atoms with E-state index in [1.807, 2.05) is 53.1 Å². The molecule has 5 rings (SSSR count). The number of carbonyl (C=O) groups is 1. The molecule has 1 aromatic heterocycles. The van der Waals surface area contributed by atoms with E-state index in [0.29, 0.717) is 10.9 Å². The number of benzene rings is 4. The van der Waals surface area contributed by atoms with Crippen LogP contribution in [0.2, 0.25) is 0 Å². The Morgan fingerprint density at radius 2 is 1.67 bits per heavy atom. The van der Waals surface area contributed by atoms with E-state index in [4.69, 9.17) is 10.5 Å². The third kappa shape index (κ3) is 3.59. The predicted molar refractivity (Wildman–Crippen MR) is 125 cm³/mol. The SMILES string of the molecule is COc1ccc(-c2ccc3c4c(C(N)=O)cccc4n(Cc4cc(F)ccc4F)c3c2)cc1. The first kappa shape index (κ1) is 20.7. The highest BCUT2D eigenvalue weighted by atomic mass is 19.1. The van der Waals surface area contributed by atoms with Crippen LogP contribution in [0.5, 0.6) is 5.75 Å².